The van der Waals surface area contributed by atoms with Crippen LogP contribution >= 0.6 is 0 Å². The molecule has 0 aromatic heterocycles. The quantitative estimate of drug-likeness (QED) is 0.519. The molecule has 0 aromatic carbocycles. The molecule has 9 heavy (non-hydrogen) atoms. The lowest BCUT2D eigenvalue weighted by molar-refractivity contribution is -0.111. The van der Waals surface area contributed by atoms with Crippen molar-refractivity contribution in [3.05, 3.63) is 0 Å². The molecule has 0 bridgehead atoms. The maximum atomic E-state index is 10.2. The first kappa shape index (κ1) is 8.67. The van der Waals surface area contributed by atoms with E-state index in [9.17, 15) is 4.79 Å². The van der Waals surface area contributed by atoms with Crippen LogP contribution < -0.4 is 0 Å². The van der Waals surface area contributed by atoms with Crippen LogP contribution in [-0.2, 0) is 4.79 Å². The summed E-state index contributed by atoms with van der Waals surface area (Å²) in [6.45, 7) is 4.21. The van der Waals surface area contributed by atoms with Crippen LogP contribution in [0.15, 0.2) is 0 Å². The Morgan fingerprint density at radius 2 is 2.11 bits per heavy atom. The summed E-state index contributed by atoms with van der Waals surface area (Å²) >= 11 is 0. The molecule has 0 aliphatic heterocycles. The first-order valence-corrected chi connectivity index (χ1v) is 3.80. The highest BCUT2D eigenvalue weighted by Gasteiger charge is 2.01. The molecule has 0 rings (SSSR count). The van der Waals surface area contributed by atoms with Crippen molar-refractivity contribution in [2.24, 2.45) is 5.92 Å². The molecule has 0 aliphatic rings. The summed E-state index contributed by atoms with van der Waals surface area (Å²) < 4.78 is 0. The van der Waals surface area contributed by atoms with Gasteiger partial charge in [-0.1, -0.05) is 26.7 Å². The number of rotatable bonds is 5. The van der Waals surface area contributed by atoms with E-state index in [1.54, 1.807) is 0 Å². The fraction of sp³-hybridized carbons (Fsp3) is 0.875. The second-order valence-corrected chi connectivity index (χ2v) is 2.45. The van der Waals surface area contributed by atoms with Gasteiger partial charge in [0, 0.05) is 5.92 Å². The van der Waals surface area contributed by atoms with E-state index >= 15 is 0 Å². The molecule has 0 unspecified atom stereocenters. The van der Waals surface area contributed by atoms with Crippen molar-refractivity contribution >= 4 is 6.29 Å². The highest BCUT2D eigenvalue weighted by atomic mass is 16.1. The smallest absolute Gasteiger partial charge is 0.123 e. The van der Waals surface area contributed by atoms with E-state index in [0.29, 0.717) is 5.92 Å². The third-order valence-corrected chi connectivity index (χ3v) is 1.65. The fourth-order valence-electron chi connectivity index (χ4n) is 0.835. The van der Waals surface area contributed by atoms with E-state index in [-0.39, 0.29) is 0 Å². The summed E-state index contributed by atoms with van der Waals surface area (Å²) in [6.07, 6.45) is 5.55. The second kappa shape index (κ2) is 5.80. The molecule has 0 amide bonds. The van der Waals surface area contributed by atoms with Gasteiger partial charge < -0.3 is 4.79 Å². The third-order valence-electron chi connectivity index (χ3n) is 1.65. The molecular weight excluding hydrogens is 112 g/mol. The minimum atomic E-state index is 0.324. The number of unbranched alkanes of at least 4 members (excludes halogenated alkanes) is 1. The lowest BCUT2D eigenvalue weighted by Gasteiger charge is -2.03. The first-order chi connectivity index (χ1) is 4.35. The van der Waals surface area contributed by atoms with Gasteiger partial charge in [-0.3, -0.25) is 0 Å². The molecule has 0 fully saturated rings. The number of hydrogen-bond acceptors (Lipinski definition) is 1. The van der Waals surface area contributed by atoms with Gasteiger partial charge in [0.1, 0.15) is 6.29 Å². The van der Waals surface area contributed by atoms with Crippen molar-refractivity contribution in [2.75, 3.05) is 0 Å². The topological polar surface area (TPSA) is 17.1 Å². The average molecular weight is 128 g/mol. The van der Waals surface area contributed by atoms with Gasteiger partial charge in [-0.25, -0.2) is 0 Å². The average Bonchev–Trinajstić information content (AvgIpc) is 1.91. The molecule has 0 aromatic rings. The summed E-state index contributed by atoms with van der Waals surface area (Å²) in [5.74, 6) is 0.324. The molecule has 0 saturated heterocycles. The molecule has 1 heteroatoms. The van der Waals surface area contributed by atoms with Crippen LogP contribution in [0.25, 0.3) is 0 Å². The Bertz CT molecular complexity index is 69.0. The van der Waals surface area contributed by atoms with Crippen LogP contribution in [0.3, 0.4) is 0 Å². The molecule has 54 valence electrons. The van der Waals surface area contributed by atoms with Gasteiger partial charge in [0.2, 0.25) is 0 Å². The van der Waals surface area contributed by atoms with Crippen molar-refractivity contribution < 1.29 is 4.79 Å². The highest BCUT2D eigenvalue weighted by Crippen LogP contribution is 2.08. The van der Waals surface area contributed by atoms with E-state index in [1.165, 1.54) is 12.8 Å². The minimum absolute atomic E-state index is 0.324. The van der Waals surface area contributed by atoms with Crippen molar-refractivity contribution in [3.63, 3.8) is 0 Å². The zero-order chi connectivity index (χ0) is 7.11. The number of hydrogen-bond donors (Lipinski definition) is 0. The first-order valence-electron chi connectivity index (χ1n) is 3.80. The fourth-order valence-corrected chi connectivity index (χ4v) is 0.835. The van der Waals surface area contributed by atoms with Gasteiger partial charge in [0.05, 0.1) is 0 Å². The zero-order valence-electron chi connectivity index (χ0n) is 6.39. The summed E-state index contributed by atoms with van der Waals surface area (Å²) in [6, 6.07) is 0. The molecule has 0 aliphatic carbocycles. The number of carbonyl (C=O) groups excluding carboxylic acids is 1. The predicted octanol–water partition coefficient (Wildman–Crippen LogP) is 2.40. The largest absolute Gasteiger partial charge is 0.303 e. The van der Waals surface area contributed by atoms with Gasteiger partial charge in [0.25, 0.3) is 0 Å². The monoisotopic (exact) mass is 128 g/mol. The predicted molar refractivity (Wildman–Crippen MR) is 39.4 cm³/mol. The molecule has 0 heterocycles. The van der Waals surface area contributed by atoms with Crippen molar-refractivity contribution in [1.29, 1.82) is 0 Å². The lowest BCUT2D eigenvalue weighted by Crippen LogP contribution is -1.98. The normalized spacial score (nSPS) is 13.1. The second-order valence-electron chi connectivity index (χ2n) is 2.45. The van der Waals surface area contributed by atoms with Crippen LogP contribution in [0, 0.1) is 5.92 Å². The van der Waals surface area contributed by atoms with Gasteiger partial charge in [-0.15, -0.1) is 0 Å². The molecule has 0 N–H and O–H groups in total. The van der Waals surface area contributed by atoms with Gasteiger partial charge in [-0.2, -0.15) is 0 Å². The van der Waals surface area contributed by atoms with Gasteiger partial charge >= 0.3 is 0 Å². The zero-order valence-corrected chi connectivity index (χ0v) is 6.39. The Morgan fingerprint density at radius 1 is 1.44 bits per heavy atom. The van der Waals surface area contributed by atoms with E-state index in [0.717, 1.165) is 19.1 Å². The van der Waals surface area contributed by atoms with Crippen molar-refractivity contribution in [2.45, 2.75) is 39.5 Å². The molecule has 1 atom stereocenters. The third kappa shape index (κ3) is 4.19. The standard InChI is InChI=1S/C8H16O/c1-3-5-6-8(4-2)7-9/h7-8H,3-6H2,1-2H3/t8-/m1/s1. The van der Waals surface area contributed by atoms with E-state index in [4.69, 9.17) is 0 Å². The van der Waals surface area contributed by atoms with E-state index in [2.05, 4.69) is 13.8 Å². The molecule has 0 spiro atoms. The Kier molecular flexibility index (Phi) is 5.59. The lowest BCUT2D eigenvalue weighted by atomic mass is 10.0. The highest BCUT2D eigenvalue weighted by molar-refractivity contribution is 5.53. The van der Waals surface area contributed by atoms with Crippen LogP contribution in [0.2, 0.25) is 0 Å². The maximum Gasteiger partial charge on any atom is 0.123 e. The van der Waals surface area contributed by atoms with Crippen LogP contribution in [0.4, 0.5) is 0 Å². The SMILES string of the molecule is CCCC[C@H](C=O)CC. The molecule has 0 radical (unpaired) electrons. The van der Waals surface area contributed by atoms with Crippen LogP contribution in [0.5, 0.6) is 0 Å². The summed E-state index contributed by atoms with van der Waals surface area (Å²) in [4.78, 5) is 10.2. The van der Waals surface area contributed by atoms with Gasteiger partial charge in [-0.05, 0) is 12.8 Å². The Balaban J connectivity index is 3.20. The molecule has 1 nitrogen and oxygen atoms in total. The van der Waals surface area contributed by atoms with Crippen molar-refractivity contribution in [3.8, 4) is 0 Å². The summed E-state index contributed by atoms with van der Waals surface area (Å²) in [5.41, 5.74) is 0. The Hall–Kier alpha value is -0.330. The summed E-state index contributed by atoms with van der Waals surface area (Å²) in [7, 11) is 0. The van der Waals surface area contributed by atoms with Crippen molar-refractivity contribution in [1.82, 2.24) is 0 Å². The molecule has 0 saturated carbocycles. The number of aldehydes is 1. The van der Waals surface area contributed by atoms with E-state index < -0.39 is 0 Å². The Labute approximate surface area is 57.5 Å². The van der Waals surface area contributed by atoms with Crippen LogP contribution in [0.1, 0.15) is 39.5 Å². The number of carbonyl (C=O) groups is 1. The van der Waals surface area contributed by atoms with Gasteiger partial charge in [0.15, 0.2) is 0 Å². The van der Waals surface area contributed by atoms with E-state index in [1.807, 2.05) is 0 Å². The van der Waals surface area contributed by atoms with Crippen LogP contribution in [-0.4, -0.2) is 6.29 Å². The maximum absolute atomic E-state index is 10.2. The molecular formula is C8H16O. The summed E-state index contributed by atoms with van der Waals surface area (Å²) in [5, 5.41) is 0. The Morgan fingerprint density at radius 3 is 2.44 bits per heavy atom. The minimum Gasteiger partial charge on any atom is -0.303 e.